The molecule has 0 bridgehead atoms. The molecule has 26 heavy (non-hydrogen) atoms. The van der Waals surface area contributed by atoms with Crippen molar-refractivity contribution in [1.82, 2.24) is 4.90 Å². The molecule has 1 saturated heterocycles. The van der Waals surface area contributed by atoms with Crippen LogP contribution in [0.1, 0.15) is 32.3 Å². The Kier molecular flexibility index (Phi) is 6.45. The predicted molar refractivity (Wildman–Crippen MR) is 108 cm³/mol. The minimum absolute atomic E-state index is 0.228. The number of carbonyl (C=O) groups is 1. The Morgan fingerprint density at radius 3 is 2.35 bits per heavy atom. The molecule has 3 rings (SSSR count). The summed E-state index contributed by atoms with van der Waals surface area (Å²) in [7, 11) is 0. The molecule has 1 heterocycles. The van der Waals surface area contributed by atoms with Crippen LogP contribution in [0.4, 0.5) is 5.69 Å². The number of amides is 1. The van der Waals surface area contributed by atoms with Gasteiger partial charge in [0.25, 0.3) is 0 Å². The van der Waals surface area contributed by atoms with Crippen LogP contribution in [-0.2, 0) is 11.2 Å². The Bertz CT molecular complexity index is 686. The van der Waals surface area contributed by atoms with E-state index >= 15 is 0 Å². The average Bonchev–Trinajstić information content (AvgIpc) is 2.69. The van der Waals surface area contributed by atoms with Gasteiger partial charge >= 0.3 is 0 Å². The lowest BCUT2D eigenvalue weighted by atomic mass is 9.91. The van der Waals surface area contributed by atoms with Crippen LogP contribution in [0.2, 0.25) is 0 Å². The lowest BCUT2D eigenvalue weighted by Crippen LogP contribution is -2.52. The minimum atomic E-state index is 0.228. The third kappa shape index (κ3) is 4.53. The van der Waals surface area contributed by atoms with Crippen molar-refractivity contribution in [1.29, 1.82) is 0 Å². The number of carbonyl (C=O) groups excluding carboxylic acids is 1. The molecule has 0 saturated carbocycles. The number of piperidine rings is 1. The predicted octanol–water partition coefficient (Wildman–Crippen LogP) is 4.38. The molecular formula is C23H30N2O. The topological polar surface area (TPSA) is 23.6 Å². The molecule has 1 amide bonds. The van der Waals surface area contributed by atoms with E-state index in [0.29, 0.717) is 12.3 Å². The van der Waals surface area contributed by atoms with Crippen LogP contribution in [0.5, 0.6) is 0 Å². The molecule has 3 nitrogen and oxygen atoms in total. The van der Waals surface area contributed by atoms with E-state index in [-0.39, 0.29) is 11.9 Å². The first-order valence-electron chi connectivity index (χ1n) is 9.82. The van der Waals surface area contributed by atoms with E-state index in [2.05, 4.69) is 59.2 Å². The molecule has 0 aromatic heterocycles. The summed E-state index contributed by atoms with van der Waals surface area (Å²) in [5, 5.41) is 0. The summed E-state index contributed by atoms with van der Waals surface area (Å²) >= 11 is 0. The van der Waals surface area contributed by atoms with Gasteiger partial charge in [-0.25, -0.2) is 0 Å². The van der Waals surface area contributed by atoms with Gasteiger partial charge in [-0.15, -0.1) is 0 Å². The van der Waals surface area contributed by atoms with Gasteiger partial charge in [0, 0.05) is 37.8 Å². The lowest BCUT2D eigenvalue weighted by molar-refractivity contribution is -0.119. The summed E-state index contributed by atoms with van der Waals surface area (Å²) in [5.41, 5.74) is 2.43. The van der Waals surface area contributed by atoms with Gasteiger partial charge < -0.3 is 9.80 Å². The molecule has 3 heteroatoms. The maximum Gasteiger partial charge on any atom is 0.226 e. The van der Waals surface area contributed by atoms with Crippen LogP contribution in [0.25, 0.3) is 0 Å². The molecule has 138 valence electrons. The Balaban J connectivity index is 1.64. The Morgan fingerprint density at radius 2 is 1.73 bits per heavy atom. The van der Waals surface area contributed by atoms with Crippen molar-refractivity contribution in [2.75, 3.05) is 24.5 Å². The molecule has 0 unspecified atom stereocenters. The summed E-state index contributed by atoms with van der Waals surface area (Å²) in [6.45, 7) is 7.45. The van der Waals surface area contributed by atoms with Gasteiger partial charge in [-0.2, -0.15) is 0 Å². The van der Waals surface area contributed by atoms with E-state index in [4.69, 9.17) is 0 Å². The van der Waals surface area contributed by atoms with Crippen LogP contribution in [0, 0.1) is 5.92 Å². The second-order valence-corrected chi connectivity index (χ2v) is 7.32. The number of benzene rings is 2. The summed E-state index contributed by atoms with van der Waals surface area (Å²) in [5.74, 6) is 0.695. The van der Waals surface area contributed by atoms with Crippen LogP contribution < -0.4 is 4.90 Å². The maximum absolute atomic E-state index is 12.7. The van der Waals surface area contributed by atoms with Crippen LogP contribution in [0.3, 0.4) is 0 Å². The number of hydrogen-bond donors (Lipinski definition) is 0. The monoisotopic (exact) mass is 350 g/mol. The summed E-state index contributed by atoms with van der Waals surface area (Å²) in [6.07, 6.45) is 2.68. The zero-order valence-corrected chi connectivity index (χ0v) is 16.0. The molecule has 0 radical (unpaired) electrons. The molecule has 2 aromatic rings. The zero-order chi connectivity index (χ0) is 18.4. The molecule has 0 aliphatic carbocycles. The normalized spacial score (nSPS) is 20.7. The smallest absolute Gasteiger partial charge is 0.226 e. The highest BCUT2D eigenvalue weighted by Crippen LogP contribution is 2.28. The fraction of sp³-hybridized carbons (Fsp3) is 0.435. The van der Waals surface area contributed by atoms with E-state index in [0.717, 1.165) is 38.2 Å². The van der Waals surface area contributed by atoms with E-state index in [1.54, 1.807) is 0 Å². The van der Waals surface area contributed by atoms with Crippen molar-refractivity contribution in [3.8, 4) is 0 Å². The van der Waals surface area contributed by atoms with Crippen molar-refractivity contribution in [2.24, 2.45) is 5.92 Å². The third-order valence-corrected chi connectivity index (χ3v) is 5.44. The number of para-hydroxylation sites is 1. The van der Waals surface area contributed by atoms with Crippen molar-refractivity contribution < 1.29 is 4.79 Å². The van der Waals surface area contributed by atoms with Gasteiger partial charge in [0.2, 0.25) is 5.91 Å². The van der Waals surface area contributed by atoms with Crippen LogP contribution in [0.15, 0.2) is 60.7 Å². The van der Waals surface area contributed by atoms with Crippen molar-refractivity contribution in [2.45, 2.75) is 39.2 Å². The molecule has 0 spiro atoms. The van der Waals surface area contributed by atoms with Crippen LogP contribution in [-0.4, -0.2) is 36.5 Å². The highest BCUT2D eigenvalue weighted by atomic mass is 16.2. The molecule has 1 aliphatic rings. The minimum Gasteiger partial charge on any atom is -0.309 e. The Morgan fingerprint density at radius 1 is 1.08 bits per heavy atom. The second-order valence-electron chi connectivity index (χ2n) is 7.32. The first-order chi connectivity index (χ1) is 12.7. The molecule has 1 fully saturated rings. The zero-order valence-electron chi connectivity index (χ0n) is 16.0. The molecule has 0 N–H and O–H groups in total. The molecule has 1 aliphatic heterocycles. The standard InChI is InChI=1S/C23H30N2O/c1-3-23(26)25(21-12-8-5-9-13-21)22-15-17-24(18-19(22)2)16-14-20-10-6-4-7-11-20/h4-13,19,22H,3,14-18H2,1-2H3/t19-,22-/m0/s1. The second kappa shape index (κ2) is 9.00. The van der Waals surface area contributed by atoms with E-state index in [1.165, 1.54) is 5.56 Å². The van der Waals surface area contributed by atoms with Gasteiger partial charge in [0.15, 0.2) is 0 Å². The first kappa shape index (κ1) is 18.7. The largest absolute Gasteiger partial charge is 0.309 e. The molecule has 2 aromatic carbocycles. The fourth-order valence-corrected chi connectivity index (χ4v) is 4.02. The van der Waals surface area contributed by atoms with E-state index in [1.807, 2.05) is 25.1 Å². The average molecular weight is 351 g/mol. The van der Waals surface area contributed by atoms with E-state index in [9.17, 15) is 4.79 Å². The molecule has 2 atom stereocenters. The first-order valence-corrected chi connectivity index (χ1v) is 9.82. The summed E-state index contributed by atoms with van der Waals surface area (Å²) < 4.78 is 0. The number of rotatable bonds is 6. The van der Waals surface area contributed by atoms with Gasteiger partial charge in [0.05, 0.1) is 0 Å². The fourth-order valence-electron chi connectivity index (χ4n) is 4.02. The van der Waals surface area contributed by atoms with Gasteiger partial charge in [-0.3, -0.25) is 4.79 Å². The third-order valence-electron chi connectivity index (χ3n) is 5.44. The van der Waals surface area contributed by atoms with Crippen molar-refractivity contribution in [3.63, 3.8) is 0 Å². The number of likely N-dealkylation sites (tertiary alicyclic amines) is 1. The Labute approximate surface area is 157 Å². The molecular weight excluding hydrogens is 320 g/mol. The quantitative estimate of drug-likeness (QED) is 0.772. The number of nitrogens with zero attached hydrogens (tertiary/aromatic N) is 2. The van der Waals surface area contributed by atoms with Gasteiger partial charge in [0.1, 0.15) is 0 Å². The van der Waals surface area contributed by atoms with Crippen molar-refractivity contribution in [3.05, 3.63) is 66.2 Å². The van der Waals surface area contributed by atoms with Gasteiger partial charge in [-0.1, -0.05) is 62.4 Å². The Hall–Kier alpha value is -2.13. The van der Waals surface area contributed by atoms with Gasteiger partial charge in [-0.05, 0) is 36.5 Å². The summed E-state index contributed by atoms with van der Waals surface area (Å²) in [4.78, 5) is 17.3. The van der Waals surface area contributed by atoms with Crippen LogP contribution >= 0.6 is 0 Å². The SMILES string of the molecule is CCC(=O)N(c1ccccc1)[C@H]1CCN(CCc2ccccc2)C[C@@H]1C. The lowest BCUT2D eigenvalue weighted by Gasteiger charge is -2.42. The van der Waals surface area contributed by atoms with E-state index < -0.39 is 0 Å². The highest BCUT2D eigenvalue weighted by molar-refractivity contribution is 5.93. The summed E-state index contributed by atoms with van der Waals surface area (Å²) in [6, 6.07) is 21.1. The number of anilines is 1. The van der Waals surface area contributed by atoms with Crippen molar-refractivity contribution >= 4 is 11.6 Å². The number of hydrogen-bond acceptors (Lipinski definition) is 2. The maximum atomic E-state index is 12.7. The highest BCUT2D eigenvalue weighted by Gasteiger charge is 2.33.